The summed E-state index contributed by atoms with van der Waals surface area (Å²) in [6, 6.07) is 7.89. The van der Waals surface area contributed by atoms with Crippen LogP contribution in [-0.4, -0.2) is 24.9 Å². The molecule has 0 saturated heterocycles. The van der Waals surface area contributed by atoms with E-state index in [2.05, 4.69) is 37.9 Å². The molecule has 0 aliphatic carbocycles. The fourth-order valence-corrected chi connectivity index (χ4v) is 4.63. The summed E-state index contributed by atoms with van der Waals surface area (Å²) >= 11 is 4.58. The minimum atomic E-state index is 0.434. The summed E-state index contributed by atoms with van der Waals surface area (Å²) in [6.07, 6.45) is 0. The third-order valence-corrected chi connectivity index (χ3v) is 6.26. The van der Waals surface area contributed by atoms with E-state index in [1.807, 2.05) is 17.5 Å². The Bertz CT molecular complexity index is 1060. The predicted octanol–water partition coefficient (Wildman–Crippen LogP) is 4.30. The first-order chi connectivity index (χ1) is 12.8. The molecule has 130 valence electrons. The maximum absolute atomic E-state index is 8.91. The SMILES string of the molecule is CCn1c(SCc2noc(-c3cc(C#N)cs3)n2)nnc1-c1cccs1. The molecule has 0 amide bonds. The topological polar surface area (TPSA) is 93.4 Å². The van der Waals surface area contributed by atoms with E-state index in [0.29, 0.717) is 23.0 Å². The van der Waals surface area contributed by atoms with Gasteiger partial charge in [-0.1, -0.05) is 23.0 Å². The van der Waals surface area contributed by atoms with Gasteiger partial charge in [-0.2, -0.15) is 10.2 Å². The van der Waals surface area contributed by atoms with E-state index in [-0.39, 0.29) is 0 Å². The number of aromatic nitrogens is 5. The van der Waals surface area contributed by atoms with Gasteiger partial charge in [0.05, 0.1) is 21.1 Å². The van der Waals surface area contributed by atoms with Gasteiger partial charge >= 0.3 is 0 Å². The highest BCUT2D eigenvalue weighted by molar-refractivity contribution is 7.98. The minimum Gasteiger partial charge on any atom is -0.333 e. The van der Waals surface area contributed by atoms with E-state index in [1.165, 1.54) is 23.1 Å². The Morgan fingerprint density at radius 3 is 2.96 bits per heavy atom. The first kappa shape index (κ1) is 17.0. The van der Waals surface area contributed by atoms with Crippen molar-refractivity contribution in [3.63, 3.8) is 0 Å². The lowest BCUT2D eigenvalue weighted by Crippen LogP contribution is -1.99. The van der Waals surface area contributed by atoms with E-state index in [1.54, 1.807) is 22.8 Å². The van der Waals surface area contributed by atoms with Crippen LogP contribution in [0, 0.1) is 11.3 Å². The average molecular weight is 401 g/mol. The lowest BCUT2D eigenvalue weighted by molar-refractivity contribution is 0.426. The Morgan fingerprint density at radius 1 is 1.31 bits per heavy atom. The van der Waals surface area contributed by atoms with Crippen LogP contribution in [0.15, 0.2) is 38.6 Å². The second kappa shape index (κ2) is 7.41. The first-order valence-electron chi connectivity index (χ1n) is 7.70. The molecule has 0 N–H and O–H groups in total. The molecule has 7 nitrogen and oxygen atoms in total. The van der Waals surface area contributed by atoms with Crippen LogP contribution in [0.25, 0.3) is 21.5 Å². The molecule has 0 atom stereocenters. The molecule has 0 unspecified atom stereocenters. The molecule has 4 heterocycles. The van der Waals surface area contributed by atoms with Crippen LogP contribution in [-0.2, 0) is 12.3 Å². The lowest BCUT2D eigenvalue weighted by Gasteiger charge is -2.04. The van der Waals surface area contributed by atoms with Crippen LogP contribution in [0.2, 0.25) is 0 Å². The number of nitriles is 1. The molecule has 26 heavy (non-hydrogen) atoms. The van der Waals surface area contributed by atoms with Gasteiger partial charge in [0.25, 0.3) is 5.89 Å². The molecule has 0 bridgehead atoms. The van der Waals surface area contributed by atoms with E-state index in [4.69, 9.17) is 9.78 Å². The molecule has 0 aromatic carbocycles. The smallest absolute Gasteiger partial charge is 0.268 e. The van der Waals surface area contributed by atoms with Crippen LogP contribution in [0.5, 0.6) is 0 Å². The van der Waals surface area contributed by atoms with Crippen molar-refractivity contribution in [1.82, 2.24) is 24.9 Å². The molecule has 0 saturated carbocycles. The molecule has 0 spiro atoms. The van der Waals surface area contributed by atoms with E-state index < -0.39 is 0 Å². The van der Waals surface area contributed by atoms with Gasteiger partial charge in [0.15, 0.2) is 16.8 Å². The first-order valence-corrected chi connectivity index (χ1v) is 10.4. The van der Waals surface area contributed by atoms with Gasteiger partial charge in [-0.25, -0.2) is 0 Å². The third-order valence-electron chi connectivity index (χ3n) is 3.51. The van der Waals surface area contributed by atoms with Gasteiger partial charge in [-0.3, -0.25) is 0 Å². The van der Waals surface area contributed by atoms with Crippen molar-refractivity contribution in [2.75, 3.05) is 0 Å². The van der Waals surface area contributed by atoms with Crippen molar-refractivity contribution in [2.24, 2.45) is 0 Å². The van der Waals surface area contributed by atoms with Gasteiger partial charge in [0.1, 0.15) is 6.07 Å². The molecular formula is C16H12N6OS3. The fourth-order valence-electron chi connectivity index (χ4n) is 2.32. The van der Waals surface area contributed by atoms with E-state index in [0.717, 1.165) is 27.3 Å². The summed E-state index contributed by atoms with van der Waals surface area (Å²) < 4.78 is 7.38. The molecule has 4 aromatic rings. The second-order valence-corrected chi connectivity index (χ2v) is 7.95. The van der Waals surface area contributed by atoms with Crippen molar-refractivity contribution in [1.29, 1.82) is 5.26 Å². The number of hydrogen-bond donors (Lipinski definition) is 0. The van der Waals surface area contributed by atoms with Crippen LogP contribution < -0.4 is 0 Å². The zero-order valence-electron chi connectivity index (χ0n) is 13.6. The monoisotopic (exact) mass is 400 g/mol. The highest BCUT2D eigenvalue weighted by Crippen LogP contribution is 2.29. The summed E-state index contributed by atoms with van der Waals surface area (Å²) in [7, 11) is 0. The van der Waals surface area contributed by atoms with Gasteiger partial charge in [-0.05, 0) is 24.4 Å². The standard InChI is InChI=1S/C16H12N6OS3/c1-2-22-14(11-4-3-5-24-11)19-20-16(22)26-9-13-18-15(23-21-13)12-6-10(7-17)8-25-12/h3-6,8H,2,9H2,1H3. The van der Waals surface area contributed by atoms with E-state index in [9.17, 15) is 0 Å². The van der Waals surface area contributed by atoms with Gasteiger partial charge < -0.3 is 9.09 Å². The summed E-state index contributed by atoms with van der Waals surface area (Å²) in [5.41, 5.74) is 0.594. The molecule has 0 aliphatic rings. The quantitative estimate of drug-likeness (QED) is 0.445. The van der Waals surface area contributed by atoms with Crippen molar-refractivity contribution in [3.05, 3.63) is 40.3 Å². The molecule has 0 fully saturated rings. The normalized spacial score (nSPS) is 10.9. The Morgan fingerprint density at radius 2 is 2.23 bits per heavy atom. The maximum Gasteiger partial charge on any atom is 0.268 e. The number of rotatable bonds is 6. The molecule has 0 aliphatic heterocycles. The zero-order chi connectivity index (χ0) is 17.9. The van der Waals surface area contributed by atoms with Crippen molar-refractivity contribution >= 4 is 34.4 Å². The van der Waals surface area contributed by atoms with Gasteiger partial charge in [0, 0.05) is 11.9 Å². The largest absolute Gasteiger partial charge is 0.333 e. The van der Waals surface area contributed by atoms with Crippen molar-refractivity contribution in [2.45, 2.75) is 24.4 Å². The summed E-state index contributed by atoms with van der Waals surface area (Å²) in [6.45, 7) is 2.85. The third kappa shape index (κ3) is 3.29. The van der Waals surface area contributed by atoms with Crippen LogP contribution in [0.1, 0.15) is 18.3 Å². The Hall–Kier alpha value is -2.48. The Kier molecular flexibility index (Phi) is 4.83. The molecular weight excluding hydrogens is 388 g/mol. The number of thiophene rings is 2. The average Bonchev–Trinajstić information content (AvgIpc) is 3.46. The highest BCUT2D eigenvalue weighted by atomic mass is 32.2. The molecule has 4 rings (SSSR count). The van der Waals surface area contributed by atoms with Crippen LogP contribution in [0.3, 0.4) is 0 Å². The van der Waals surface area contributed by atoms with Gasteiger partial charge in [-0.15, -0.1) is 32.9 Å². The molecule has 4 aromatic heterocycles. The number of nitrogens with zero attached hydrogens (tertiary/aromatic N) is 6. The molecule has 10 heteroatoms. The Labute approximate surface area is 161 Å². The van der Waals surface area contributed by atoms with Crippen molar-refractivity contribution < 1.29 is 4.52 Å². The fraction of sp³-hybridized carbons (Fsp3) is 0.188. The van der Waals surface area contributed by atoms with Crippen molar-refractivity contribution in [3.8, 4) is 27.5 Å². The van der Waals surface area contributed by atoms with Gasteiger partial charge in [0.2, 0.25) is 0 Å². The summed E-state index contributed by atoms with van der Waals surface area (Å²) in [5.74, 6) is 2.42. The minimum absolute atomic E-state index is 0.434. The van der Waals surface area contributed by atoms with E-state index >= 15 is 0 Å². The maximum atomic E-state index is 8.91. The van der Waals surface area contributed by atoms with Crippen LogP contribution >= 0.6 is 34.4 Å². The molecule has 0 radical (unpaired) electrons. The predicted molar refractivity (Wildman–Crippen MR) is 101 cm³/mol. The number of thioether (sulfide) groups is 1. The second-order valence-electron chi connectivity index (χ2n) is 5.14. The lowest BCUT2D eigenvalue weighted by atomic mass is 10.3. The summed E-state index contributed by atoms with van der Waals surface area (Å²) in [5, 5.41) is 26.2. The highest BCUT2D eigenvalue weighted by Gasteiger charge is 2.16. The zero-order valence-corrected chi connectivity index (χ0v) is 16.1. The van der Waals surface area contributed by atoms with Crippen LogP contribution in [0.4, 0.5) is 0 Å². The Balaban J connectivity index is 1.49. The number of hydrogen-bond acceptors (Lipinski definition) is 9. The summed E-state index contributed by atoms with van der Waals surface area (Å²) in [4.78, 5) is 6.29.